The molecule has 1 aliphatic heterocycles. The number of nitrogens with one attached hydrogen (secondary N) is 3. The zero-order valence-electron chi connectivity index (χ0n) is 14.9. The predicted octanol–water partition coefficient (Wildman–Crippen LogP) is 2.61. The molecule has 1 heterocycles. The third-order valence-electron chi connectivity index (χ3n) is 4.20. The zero-order valence-corrected chi connectivity index (χ0v) is 15.7. The molecule has 0 bridgehead atoms. The molecule has 7 nitrogen and oxygen atoms in total. The molecule has 0 atom stereocenters. The van der Waals surface area contributed by atoms with Crippen LogP contribution in [0.2, 0.25) is 5.02 Å². The number of anilines is 2. The summed E-state index contributed by atoms with van der Waals surface area (Å²) >= 11 is 6.34. The van der Waals surface area contributed by atoms with Gasteiger partial charge in [-0.25, -0.2) is 4.79 Å². The number of carbonyl (C=O) groups is 2. The maximum atomic E-state index is 12.1. The van der Waals surface area contributed by atoms with E-state index in [1.165, 1.54) is 0 Å². The van der Waals surface area contributed by atoms with Crippen molar-refractivity contribution in [2.45, 2.75) is 6.54 Å². The molecule has 3 amide bonds. The van der Waals surface area contributed by atoms with Gasteiger partial charge >= 0.3 is 6.03 Å². The maximum Gasteiger partial charge on any atom is 0.319 e. The number of hydrogen-bond donors (Lipinski definition) is 3. The molecule has 0 radical (unpaired) electrons. The molecular formula is C19H21ClN4O3. The van der Waals surface area contributed by atoms with E-state index in [4.69, 9.17) is 16.3 Å². The van der Waals surface area contributed by atoms with Crippen LogP contribution in [-0.2, 0) is 11.3 Å². The monoisotopic (exact) mass is 388 g/mol. The van der Waals surface area contributed by atoms with Gasteiger partial charge in [0.15, 0.2) is 0 Å². The Morgan fingerprint density at radius 3 is 2.70 bits per heavy atom. The fourth-order valence-electron chi connectivity index (χ4n) is 2.79. The van der Waals surface area contributed by atoms with Crippen LogP contribution in [-0.4, -0.2) is 38.7 Å². The van der Waals surface area contributed by atoms with Gasteiger partial charge in [0.05, 0.1) is 24.4 Å². The van der Waals surface area contributed by atoms with E-state index in [9.17, 15) is 9.59 Å². The minimum atomic E-state index is -0.327. The second-order valence-corrected chi connectivity index (χ2v) is 6.50. The third kappa shape index (κ3) is 5.04. The molecule has 3 N–H and O–H groups in total. The van der Waals surface area contributed by atoms with Gasteiger partial charge in [-0.1, -0.05) is 23.7 Å². The standard InChI is InChI=1S/C19H21ClN4O3/c1-27-15-5-2-13(3-6-15)11-22-19(26)23-14-4-7-17(16(20)10-14)24-9-8-21-18(25)12-24/h2-7,10H,8-9,11-12H2,1H3,(H,21,25)(H2,22,23,26). The lowest BCUT2D eigenvalue weighted by Crippen LogP contribution is -2.47. The summed E-state index contributed by atoms with van der Waals surface area (Å²) in [6.07, 6.45) is 0. The highest BCUT2D eigenvalue weighted by atomic mass is 35.5. The van der Waals surface area contributed by atoms with E-state index in [1.807, 2.05) is 29.2 Å². The number of methoxy groups -OCH3 is 1. The van der Waals surface area contributed by atoms with E-state index in [0.29, 0.717) is 30.3 Å². The topological polar surface area (TPSA) is 82.7 Å². The Hall–Kier alpha value is -2.93. The molecule has 2 aromatic carbocycles. The highest BCUT2D eigenvalue weighted by Gasteiger charge is 2.18. The van der Waals surface area contributed by atoms with Gasteiger partial charge < -0.3 is 25.6 Å². The minimum absolute atomic E-state index is 0.0302. The number of nitrogens with zero attached hydrogens (tertiary/aromatic N) is 1. The quantitative estimate of drug-likeness (QED) is 0.735. The van der Waals surface area contributed by atoms with Gasteiger partial charge in [0, 0.05) is 25.3 Å². The number of rotatable bonds is 5. The Bertz CT molecular complexity index is 826. The van der Waals surface area contributed by atoms with Crippen LogP contribution in [0.5, 0.6) is 5.75 Å². The van der Waals surface area contributed by atoms with Crippen molar-refractivity contribution in [2.75, 3.05) is 37.0 Å². The van der Waals surface area contributed by atoms with Crippen molar-refractivity contribution < 1.29 is 14.3 Å². The van der Waals surface area contributed by atoms with Crippen molar-refractivity contribution in [3.8, 4) is 5.75 Å². The SMILES string of the molecule is COc1ccc(CNC(=O)Nc2ccc(N3CCNC(=O)C3)c(Cl)c2)cc1. The molecule has 27 heavy (non-hydrogen) atoms. The average Bonchev–Trinajstić information content (AvgIpc) is 2.67. The maximum absolute atomic E-state index is 12.1. The summed E-state index contributed by atoms with van der Waals surface area (Å²) in [6, 6.07) is 12.4. The van der Waals surface area contributed by atoms with Gasteiger partial charge in [0.25, 0.3) is 0 Å². The van der Waals surface area contributed by atoms with Crippen LogP contribution in [0.25, 0.3) is 0 Å². The van der Waals surface area contributed by atoms with Crippen molar-refractivity contribution >= 4 is 34.9 Å². The molecule has 0 unspecified atom stereocenters. The molecular weight excluding hydrogens is 368 g/mol. The summed E-state index contributed by atoms with van der Waals surface area (Å²) in [5.41, 5.74) is 2.32. The van der Waals surface area contributed by atoms with Gasteiger partial charge in [-0.05, 0) is 35.9 Å². The highest BCUT2D eigenvalue weighted by molar-refractivity contribution is 6.33. The smallest absolute Gasteiger partial charge is 0.319 e. The molecule has 0 aromatic heterocycles. The second kappa shape index (κ2) is 8.64. The molecule has 0 saturated carbocycles. The summed E-state index contributed by atoms with van der Waals surface area (Å²) in [5.74, 6) is 0.738. The number of hydrogen-bond acceptors (Lipinski definition) is 4. The number of halogens is 1. The summed E-state index contributed by atoms with van der Waals surface area (Å²) in [5, 5.41) is 8.81. The van der Waals surface area contributed by atoms with Crippen LogP contribution >= 0.6 is 11.6 Å². The molecule has 2 aromatic rings. The van der Waals surface area contributed by atoms with Gasteiger partial charge in [0.2, 0.25) is 5.91 Å². The number of carbonyl (C=O) groups excluding carboxylic acids is 2. The van der Waals surface area contributed by atoms with E-state index in [2.05, 4.69) is 16.0 Å². The van der Waals surface area contributed by atoms with Crippen LogP contribution in [0.4, 0.5) is 16.2 Å². The lowest BCUT2D eigenvalue weighted by atomic mass is 10.2. The van der Waals surface area contributed by atoms with E-state index < -0.39 is 0 Å². The number of amides is 3. The van der Waals surface area contributed by atoms with Crippen LogP contribution in [0, 0.1) is 0 Å². The number of piperazine rings is 1. The Kier molecular flexibility index (Phi) is 6.03. The zero-order chi connectivity index (χ0) is 19.2. The molecule has 0 aliphatic carbocycles. The summed E-state index contributed by atoms with van der Waals surface area (Å²) in [7, 11) is 1.61. The molecule has 1 saturated heterocycles. The lowest BCUT2D eigenvalue weighted by Gasteiger charge is -2.29. The number of ether oxygens (including phenoxy) is 1. The van der Waals surface area contributed by atoms with Crippen LogP contribution in [0.3, 0.4) is 0 Å². The summed E-state index contributed by atoms with van der Waals surface area (Å²) in [6.45, 7) is 1.95. The van der Waals surface area contributed by atoms with Crippen LogP contribution in [0.15, 0.2) is 42.5 Å². The first-order valence-corrected chi connectivity index (χ1v) is 8.92. The number of urea groups is 1. The molecule has 0 spiro atoms. The first-order valence-electron chi connectivity index (χ1n) is 8.54. The van der Waals surface area contributed by atoms with Gasteiger partial charge in [-0.2, -0.15) is 0 Å². The van der Waals surface area contributed by atoms with E-state index in [1.54, 1.807) is 25.3 Å². The van der Waals surface area contributed by atoms with Crippen molar-refractivity contribution in [1.82, 2.24) is 10.6 Å². The highest BCUT2D eigenvalue weighted by Crippen LogP contribution is 2.29. The van der Waals surface area contributed by atoms with E-state index in [0.717, 1.165) is 17.0 Å². The molecule has 8 heteroatoms. The van der Waals surface area contributed by atoms with E-state index in [-0.39, 0.29) is 18.5 Å². The van der Waals surface area contributed by atoms with Crippen molar-refractivity contribution in [2.24, 2.45) is 0 Å². The minimum Gasteiger partial charge on any atom is -0.497 e. The molecule has 1 aliphatic rings. The number of benzene rings is 2. The molecule has 3 rings (SSSR count). The van der Waals surface area contributed by atoms with Crippen molar-refractivity contribution in [1.29, 1.82) is 0 Å². The van der Waals surface area contributed by atoms with Gasteiger partial charge in [-0.15, -0.1) is 0 Å². The molecule has 142 valence electrons. The fourth-order valence-corrected chi connectivity index (χ4v) is 3.09. The Morgan fingerprint density at radius 1 is 1.26 bits per heavy atom. The first kappa shape index (κ1) is 18.8. The third-order valence-corrected chi connectivity index (χ3v) is 4.50. The van der Waals surface area contributed by atoms with E-state index >= 15 is 0 Å². The fraction of sp³-hybridized carbons (Fsp3) is 0.263. The van der Waals surface area contributed by atoms with Crippen molar-refractivity contribution in [3.63, 3.8) is 0 Å². The predicted molar refractivity (Wildman–Crippen MR) is 106 cm³/mol. The summed E-state index contributed by atoms with van der Waals surface area (Å²) < 4.78 is 5.11. The second-order valence-electron chi connectivity index (χ2n) is 6.09. The summed E-state index contributed by atoms with van der Waals surface area (Å²) in [4.78, 5) is 25.5. The van der Waals surface area contributed by atoms with Crippen LogP contribution < -0.4 is 25.6 Å². The lowest BCUT2D eigenvalue weighted by molar-refractivity contribution is -0.120. The normalized spacial score (nSPS) is 13.7. The Balaban J connectivity index is 1.55. The first-order chi connectivity index (χ1) is 13.0. The Morgan fingerprint density at radius 2 is 2.04 bits per heavy atom. The van der Waals surface area contributed by atoms with Crippen LogP contribution in [0.1, 0.15) is 5.56 Å². The average molecular weight is 389 g/mol. The molecule has 1 fully saturated rings. The Labute approximate surface area is 162 Å². The van der Waals surface area contributed by atoms with Gasteiger partial charge in [-0.3, -0.25) is 4.79 Å². The largest absolute Gasteiger partial charge is 0.497 e. The van der Waals surface area contributed by atoms with Crippen molar-refractivity contribution in [3.05, 3.63) is 53.1 Å². The van der Waals surface area contributed by atoms with Gasteiger partial charge in [0.1, 0.15) is 5.75 Å².